The lowest BCUT2D eigenvalue weighted by Gasteiger charge is -2.09. The second-order valence-corrected chi connectivity index (χ2v) is 4.73. The summed E-state index contributed by atoms with van der Waals surface area (Å²) in [7, 11) is 0. The standard InChI is InChI=1S/C16H16N4O3/c17-14(18)10-1-3-11(4-2-10)15(21)20-9-19-13-7-5-12(6-8-13)16(22)23/h1-8,19H,9H2,(H3,17,18)(H,20,21)(H,22,23). The minimum atomic E-state index is -0.987. The van der Waals surface area contributed by atoms with Crippen LogP contribution in [-0.2, 0) is 0 Å². The zero-order valence-electron chi connectivity index (χ0n) is 12.2. The van der Waals surface area contributed by atoms with E-state index in [0.29, 0.717) is 16.8 Å². The summed E-state index contributed by atoms with van der Waals surface area (Å²) in [6, 6.07) is 12.6. The zero-order chi connectivity index (χ0) is 16.8. The Hall–Kier alpha value is -3.35. The second kappa shape index (κ2) is 7.08. The van der Waals surface area contributed by atoms with E-state index in [4.69, 9.17) is 16.2 Å². The predicted octanol–water partition coefficient (Wildman–Crippen LogP) is 1.47. The largest absolute Gasteiger partial charge is 0.478 e. The van der Waals surface area contributed by atoms with Crippen molar-refractivity contribution in [2.24, 2.45) is 5.73 Å². The minimum Gasteiger partial charge on any atom is -0.478 e. The van der Waals surface area contributed by atoms with Crippen LogP contribution in [-0.4, -0.2) is 29.5 Å². The van der Waals surface area contributed by atoms with Gasteiger partial charge in [-0.2, -0.15) is 0 Å². The Morgan fingerprint density at radius 2 is 1.48 bits per heavy atom. The highest BCUT2D eigenvalue weighted by molar-refractivity contribution is 5.98. The number of nitrogens with one attached hydrogen (secondary N) is 3. The molecule has 2 aromatic carbocycles. The van der Waals surface area contributed by atoms with Gasteiger partial charge in [0.1, 0.15) is 5.84 Å². The summed E-state index contributed by atoms with van der Waals surface area (Å²) in [5.74, 6) is -1.31. The van der Waals surface area contributed by atoms with Crippen molar-refractivity contribution in [1.82, 2.24) is 5.32 Å². The SMILES string of the molecule is N=C(N)c1ccc(C(=O)NCNc2ccc(C(=O)O)cc2)cc1. The molecule has 0 bridgehead atoms. The number of nitrogen functional groups attached to an aromatic ring is 1. The Morgan fingerprint density at radius 3 is 2.00 bits per heavy atom. The Labute approximate surface area is 132 Å². The van der Waals surface area contributed by atoms with Gasteiger partial charge in [0.2, 0.25) is 0 Å². The number of amidine groups is 1. The number of aromatic carboxylic acids is 1. The Bertz CT molecular complexity index is 724. The van der Waals surface area contributed by atoms with Crippen LogP contribution in [0.25, 0.3) is 0 Å². The molecule has 0 saturated heterocycles. The maximum Gasteiger partial charge on any atom is 0.335 e. The van der Waals surface area contributed by atoms with Crippen molar-refractivity contribution in [1.29, 1.82) is 5.41 Å². The lowest BCUT2D eigenvalue weighted by atomic mass is 10.1. The van der Waals surface area contributed by atoms with E-state index in [-0.39, 0.29) is 24.0 Å². The molecule has 0 radical (unpaired) electrons. The van der Waals surface area contributed by atoms with Gasteiger partial charge in [0, 0.05) is 16.8 Å². The van der Waals surface area contributed by atoms with Crippen LogP contribution in [0.5, 0.6) is 0 Å². The van der Waals surface area contributed by atoms with Crippen LogP contribution in [0.4, 0.5) is 5.69 Å². The summed E-state index contributed by atoms with van der Waals surface area (Å²) in [6.45, 7) is 0.194. The molecule has 0 aliphatic heterocycles. The average Bonchev–Trinajstić information content (AvgIpc) is 2.55. The molecule has 7 heteroatoms. The number of carbonyl (C=O) groups excluding carboxylic acids is 1. The highest BCUT2D eigenvalue weighted by Crippen LogP contribution is 2.09. The lowest BCUT2D eigenvalue weighted by molar-refractivity contribution is 0.0696. The quantitative estimate of drug-likeness (QED) is 0.313. The molecule has 0 aromatic heterocycles. The number of benzene rings is 2. The van der Waals surface area contributed by atoms with Crippen LogP contribution in [0.3, 0.4) is 0 Å². The first kappa shape index (κ1) is 16.0. The normalized spacial score (nSPS) is 9.91. The van der Waals surface area contributed by atoms with Crippen LogP contribution >= 0.6 is 0 Å². The monoisotopic (exact) mass is 312 g/mol. The summed E-state index contributed by atoms with van der Waals surface area (Å²) in [5, 5.41) is 21.7. The number of rotatable bonds is 6. The fourth-order valence-corrected chi connectivity index (χ4v) is 1.86. The maximum absolute atomic E-state index is 11.9. The molecule has 0 saturated carbocycles. The van der Waals surface area contributed by atoms with E-state index in [2.05, 4.69) is 10.6 Å². The zero-order valence-corrected chi connectivity index (χ0v) is 12.2. The summed E-state index contributed by atoms with van der Waals surface area (Å²) in [5.41, 5.74) is 7.26. The highest BCUT2D eigenvalue weighted by atomic mass is 16.4. The van der Waals surface area contributed by atoms with Gasteiger partial charge in [-0.1, -0.05) is 12.1 Å². The molecule has 0 spiro atoms. The maximum atomic E-state index is 11.9. The first-order chi connectivity index (χ1) is 11.0. The molecular weight excluding hydrogens is 296 g/mol. The van der Waals surface area contributed by atoms with Crippen LogP contribution in [0.1, 0.15) is 26.3 Å². The highest BCUT2D eigenvalue weighted by Gasteiger charge is 2.06. The molecule has 1 amide bonds. The Kier molecular flexibility index (Phi) is 4.93. The molecule has 0 fully saturated rings. The van der Waals surface area contributed by atoms with Gasteiger partial charge >= 0.3 is 5.97 Å². The van der Waals surface area contributed by atoms with Crippen LogP contribution in [0.2, 0.25) is 0 Å². The van der Waals surface area contributed by atoms with Crippen molar-refractivity contribution < 1.29 is 14.7 Å². The average molecular weight is 312 g/mol. The number of carbonyl (C=O) groups is 2. The Balaban J connectivity index is 1.86. The molecule has 7 nitrogen and oxygen atoms in total. The molecule has 0 aliphatic carbocycles. The third-order valence-corrected chi connectivity index (χ3v) is 3.13. The first-order valence-corrected chi connectivity index (χ1v) is 6.77. The number of hydrogen-bond donors (Lipinski definition) is 5. The van der Waals surface area contributed by atoms with E-state index in [1.807, 2.05) is 0 Å². The molecule has 2 aromatic rings. The molecule has 0 unspecified atom stereocenters. The molecule has 118 valence electrons. The van der Waals surface area contributed by atoms with E-state index in [0.717, 1.165) is 0 Å². The van der Waals surface area contributed by atoms with Gasteiger partial charge in [0.05, 0.1) is 12.2 Å². The molecule has 23 heavy (non-hydrogen) atoms. The molecular formula is C16H16N4O3. The Morgan fingerprint density at radius 1 is 0.957 bits per heavy atom. The van der Waals surface area contributed by atoms with Crippen molar-refractivity contribution in [3.63, 3.8) is 0 Å². The third-order valence-electron chi connectivity index (χ3n) is 3.13. The second-order valence-electron chi connectivity index (χ2n) is 4.73. The molecule has 6 N–H and O–H groups in total. The smallest absolute Gasteiger partial charge is 0.335 e. The third kappa shape index (κ3) is 4.31. The van der Waals surface area contributed by atoms with E-state index in [1.165, 1.54) is 12.1 Å². The van der Waals surface area contributed by atoms with Gasteiger partial charge in [-0.25, -0.2) is 4.79 Å². The number of hydrogen-bond acceptors (Lipinski definition) is 4. The number of carboxylic acids is 1. The number of amides is 1. The minimum absolute atomic E-state index is 0.0524. The summed E-state index contributed by atoms with van der Waals surface area (Å²) in [6.07, 6.45) is 0. The lowest BCUT2D eigenvalue weighted by Crippen LogP contribution is -2.29. The fourth-order valence-electron chi connectivity index (χ4n) is 1.86. The van der Waals surface area contributed by atoms with E-state index in [9.17, 15) is 9.59 Å². The van der Waals surface area contributed by atoms with Gasteiger partial charge in [0.25, 0.3) is 5.91 Å². The molecule has 0 heterocycles. The van der Waals surface area contributed by atoms with Crippen LogP contribution in [0.15, 0.2) is 48.5 Å². The van der Waals surface area contributed by atoms with Crippen LogP contribution in [0, 0.1) is 5.41 Å². The van der Waals surface area contributed by atoms with Crippen molar-refractivity contribution in [2.45, 2.75) is 0 Å². The van der Waals surface area contributed by atoms with Crippen molar-refractivity contribution in [3.8, 4) is 0 Å². The summed E-state index contributed by atoms with van der Waals surface area (Å²) >= 11 is 0. The van der Waals surface area contributed by atoms with Gasteiger partial charge in [-0.3, -0.25) is 10.2 Å². The van der Waals surface area contributed by atoms with Gasteiger partial charge in [0.15, 0.2) is 0 Å². The van der Waals surface area contributed by atoms with E-state index < -0.39 is 5.97 Å². The summed E-state index contributed by atoms with van der Waals surface area (Å²) < 4.78 is 0. The molecule has 0 atom stereocenters. The van der Waals surface area contributed by atoms with Gasteiger partial charge in [-0.15, -0.1) is 0 Å². The van der Waals surface area contributed by atoms with Crippen LogP contribution < -0.4 is 16.4 Å². The van der Waals surface area contributed by atoms with E-state index >= 15 is 0 Å². The molecule has 2 rings (SSSR count). The van der Waals surface area contributed by atoms with Crippen molar-refractivity contribution in [2.75, 3.05) is 12.0 Å². The fraction of sp³-hybridized carbons (Fsp3) is 0.0625. The number of carboxylic acid groups (broad SMARTS) is 1. The predicted molar refractivity (Wildman–Crippen MR) is 86.8 cm³/mol. The van der Waals surface area contributed by atoms with E-state index in [1.54, 1.807) is 36.4 Å². The first-order valence-electron chi connectivity index (χ1n) is 6.77. The summed E-state index contributed by atoms with van der Waals surface area (Å²) in [4.78, 5) is 22.7. The number of nitrogens with two attached hydrogens (primary N) is 1. The van der Waals surface area contributed by atoms with Crippen molar-refractivity contribution >= 4 is 23.4 Å². The molecule has 0 aliphatic rings. The van der Waals surface area contributed by atoms with Gasteiger partial charge < -0.3 is 21.5 Å². The topological polar surface area (TPSA) is 128 Å². The van der Waals surface area contributed by atoms with Gasteiger partial charge in [-0.05, 0) is 36.4 Å². The number of anilines is 1. The van der Waals surface area contributed by atoms with Crippen molar-refractivity contribution in [3.05, 3.63) is 65.2 Å².